The molecule has 6 heterocycles. The summed E-state index contributed by atoms with van der Waals surface area (Å²) in [5.74, 6) is -1.43. The lowest BCUT2D eigenvalue weighted by atomic mass is 10.1. The van der Waals surface area contributed by atoms with Crippen LogP contribution in [0.1, 0.15) is 68.9 Å². The minimum atomic E-state index is -0.968. The maximum absolute atomic E-state index is 14.3. The highest BCUT2D eigenvalue weighted by molar-refractivity contribution is 7.10. The van der Waals surface area contributed by atoms with Crippen LogP contribution >= 0.6 is 117 Å². The third-order valence-corrected chi connectivity index (χ3v) is 20.6. The Hall–Kier alpha value is -6.80. The maximum atomic E-state index is 14.3. The van der Waals surface area contributed by atoms with E-state index >= 15 is 0 Å². The van der Waals surface area contributed by atoms with Crippen LogP contribution in [0.15, 0.2) is 168 Å². The number of benzene rings is 5. The molecule has 3 saturated heterocycles. The molecular formula is C73H80Cl7N9O9S3. The topological polar surface area (TPSA) is 193 Å². The number of hydrogen-bond donors (Lipinski definition) is 3. The molecule has 28 heteroatoms. The largest absolute Gasteiger partial charge is 0.460 e. The van der Waals surface area contributed by atoms with Crippen molar-refractivity contribution in [3.63, 3.8) is 0 Å². The van der Waals surface area contributed by atoms with Crippen molar-refractivity contribution in [3.8, 4) is 11.5 Å². The van der Waals surface area contributed by atoms with Crippen molar-refractivity contribution < 1.29 is 43.0 Å². The number of carbonyl (C=O) groups is 7. The highest BCUT2D eigenvalue weighted by atomic mass is 35.5. The smallest absolute Gasteiger partial charge is 0.325 e. The van der Waals surface area contributed by atoms with Gasteiger partial charge in [-0.25, -0.2) is 0 Å². The second-order valence-corrected chi connectivity index (χ2v) is 28.4. The first kappa shape index (κ1) is 81.5. The lowest BCUT2D eigenvalue weighted by Crippen LogP contribution is -2.58. The summed E-state index contributed by atoms with van der Waals surface area (Å²) >= 11 is 34.5. The van der Waals surface area contributed by atoms with E-state index in [2.05, 4.69) is 16.0 Å². The van der Waals surface area contributed by atoms with Crippen LogP contribution in [-0.4, -0.2) is 151 Å². The predicted octanol–water partition coefficient (Wildman–Crippen LogP) is 14.2. The molecule has 8 aromatic rings. The summed E-state index contributed by atoms with van der Waals surface area (Å²) in [7, 11) is 0. The zero-order valence-corrected chi connectivity index (χ0v) is 64.0. The zero-order valence-electron chi connectivity index (χ0n) is 56.1. The Balaban J connectivity index is 0.000000218. The average Bonchev–Trinajstić information content (AvgIpc) is 1.62. The van der Waals surface area contributed by atoms with Gasteiger partial charge in [0.2, 0.25) is 17.7 Å². The van der Waals surface area contributed by atoms with Gasteiger partial charge in [0.1, 0.15) is 59.9 Å². The number of aryl methyl sites for hydroxylation is 3. The van der Waals surface area contributed by atoms with E-state index in [-0.39, 0.29) is 97.2 Å². The summed E-state index contributed by atoms with van der Waals surface area (Å²) in [6.07, 6.45) is 0. The molecule has 0 aliphatic carbocycles. The molecule has 6 atom stereocenters. The minimum absolute atomic E-state index is 0. The summed E-state index contributed by atoms with van der Waals surface area (Å²) in [6.45, 7) is 14.6. The van der Waals surface area contributed by atoms with Gasteiger partial charge in [0.05, 0.1) is 0 Å². The number of piperazine rings is 3. The fourth-order valence-electron chi connectivity index (χ4n) is 11.9. The maximum Gasteiger partial charge on any atom is 0.325 e. The molecule has 11 rings (SSSR count). The van der Waals surface area contributed by atoms with Crippen LogP contribution in [0, 0.1) is 20.8 Å². The number of nitrogens with one attached hydrogen (secondary N) is 3. The number of para-hydroxylation sites is 1. The number of alkyl halides is 3. The number of anilines is 3. The van der Waals surface area contributed by atoms with Gasteiger partial charge in [-0.2, -0.15) is 0 Å². The number of amides is 6. The summed E-state index contributed by atoms with van der Waals surface area (Å²) in [4.78, 5) is 106. The summed E-state index contributed by atoms with van der Waals surface area (Å²) in [5.41, 5.74) is 5.08. The molecule has 0 saturated carbocycles. The first-order valence-electron chi connectivity index (χ1n) is 32.2. The van der Waals surface area contributed by atoms with Crippen molar-refractivity contribution in [2.24, 2.45) is 0 Å². The van der Waals surface area contributed by atoms with Crippen molar-refractivity contribution in [2.75, 3.05) is 91.2 Å². The lowest BCUT2D eigenvalue weighted by molar-refractivity contribution is -0.150. The first-order valence-corrected chi connectivity index (χ1v) is 37.2. The number of nitrogens with zero attached hydrogens (tertiary/aromatic N) is 6. The standard InChI is InChI=1S/C33H32ClN3O5S.2C20H23Cl2N3O2S.2ClH/c1-23-19-26(42-25-11-6-3-7-12-25)14-15-28(23)37(30(38)20-34)31(29-13-8-18-43-29)32(39)36-17-16-35-27(21-36)33(40)41-22-24-9-4-2-5-10-24;2*1-13-10-15(22)5-6-16(13)25(18(26)11-21)19(17-4-3-9-28-17)20(27)24-8-7-23-14(2)12-24;;/h2-15,18-19,27,31,35H,16-17,20-22H2,1H3;2*3-6,9-10,14,19,23H,7-8,11-12H2,1-2H3;2*1H/t27-,31+;14-,19+;14-,19-;;/m100../s1. The molecular weight excluding hydrogens is 1490 g/mol. The van der Waals surface area contributed by atoms with Crippen LogP contribution in [0.5, 0.6) is 11.5 Å². The number of ether oxygens (including phenoxy) is 2. The van der Waals surface area contributed by atoms with E-state index in [0.717, 1.165) is 45.1 Å². The van der Waals surface area contributed by atoms with Gasteiger partial charge in [0.25, 0.3) is 17.7 Å². The molecule has 18 nitrogen and oxygen atoms in total. The molecule has 3 aromatic heterocycles. The Bertz CT molecular complexity index is 3880. The van der Waals surface area contributed by atoms with Crippen LogP contribution in [0.4, 0.5) is 17.1 Å². The lowest BCUT2D eigenvalue weighted by Gasteiger charge is -2.38. The highest BCUT2D eigenvalue weighted by Gasteiger charge is 2.42. The van der Waals surface area contributed by atoms with Crippen LogP contribution in [0.2, 0.25) is 10.0 Å². The molecule has 6 amide bonds. The van der Waals surface area contributed by atoms with E-state index in [1.54, 1.807) is 53.4 Å². The van der Waals surface area contributed by atoms with E-state index in [1.807, 2.05) is 164 Å². The molecule has 0 unspecified atom stereocenters. The fraction of sp³-hybridized carbons (Fsp3) is 0.329. The molecule has 3 fully saturated rings. The van der Waals surface area contributed by atoms with Crippen molar-refractivity contribution >= 4 is 175 Å². The average molecular weight is 1570 g/mol. The van der Waals surface area contributed by atoms with Crippen molar-refractivity contribution in [3.05, 3.63) is 215 Å². The number of esters is 1. The van der Waals surface area contributed by atoms with Gasteiger partial charge < -0.3 is 40.1 Å². The third kappa shape index (κ3) is 21.4. The monoisotopic (exact) mass is 1570 g/mol. The Morgan fingerprint density at radius 2 is 0.851 bits per heavy atom. The summed E-state index contributed by atoms with van der Waals surface area (Å²) in [5, 5.41) is 16.7. The van der Waals surface area contributed by atoms with Gasteiger partial charge >= 0.3 is 5.97 Å². The molecule has 0 radical (unpaired) electrons. The van der Waals surface area contributed by atoms with Crippen molar-refractivity contribution in [2.45, 2.75) is 77.5 Å². The zero-order chi connectivity index (χ0) is 70.7. The number of rotatable bonds is 20. The van der Waals surface area contributed by atoms with Crippen LogP contribution in [0.3, 0.4) is 0 Å². The van der Waals surface area contributed by atoms with Gasteiger partial charge in [-0.15, -0.1) is 93.6 Å². The molecule has 0 spiro atoms. The third-order valence-electron chi connectivity index (χ3n) is 16.7. The van der Waals surface area contributed by atoms with E-state index < -0.39 is 36.0 Å². The number of hydrogen-bond acceptors (Lipinski definition) is 15. The molecule has 3 aliphatic heterocycles. The molecule has 0 bridgehead atoms. The molecule has 3 N–H and O–H groups in total. The normalized spacial score (nSPS) is 16.5. The molecule has 101 heavy (non-hydrogen) atoms. The van der Waals surface area contributed by atoms with E-state index in [1.165, 1.54) is 48.7 Å². The molecule has 538 valence electrons. The van der Waals surface area contributed by atoms with E-state index in [0.29, 0.717) is 82.8 Å². The van der Waals surface area contributed by atoms with E-state index in [4.69, 9.17) is 67.5 Å². The fourth-order valence-corrected chi connectivity index (χ4v) is 15.2. The number of thiophene rings is 3. The number of halogens is 7. The Morgan fingerprint density at radius 1 is 0.475 bits per heavy atom. The van der Waals surface area contributed by atoms with Gasteiger partial charge in [0.15, 0.2) is 0 Å². The van der Waals surface area contributed by atoms with Crippen molar-refractivity contribution in [1.82, 2.24) is 30.7 Å². The van der Waals surface area contributed by atoms with Crippen LogP contribution in [0.25, 0.3) is 0 Å². The second-order valence-electron chi connectivity index (χ2n) is 23.8. The minimum Gasteiger partial charge on any atom is -0.460 e. The van der Waals surface area contributed by atoms with Crippen molar-refractivity contribution in [1.29, 1.82) is 0 Å². The van der Waals surface area contributed by atoms with Gasteiger partial charge in [-0.05, 0) is 158 Å². The highest BCUT2D eigenvalue weighted by Crippen LogP contribution is 2.40. The van der Waals surface area contributed by atoms with Crippen LogP contribution < -0.4 is 35.4 Å². The quantitative estimate of drug-likeness (QED) is 0.0484. The predicted molar refractivity (Wildman–Crippen MR) is 413 cm³/mol. The number of carbonyl (C=O) groups excluding carboxylic acids is 7. The second kappa shape index (κ2) is 39.7. The Morgan fingerprint density at radius 3 is 1.22 bits per heavy atom. The summed E-state index contributed by atoms with van der Waals surface area (Å²) in [6, 6.07) is 43.2. The first-order chi connectivity index (χ1) is 47.8. The summed E-state index contributed by atoms with van der Waals surface area (Å²) < 4.78 is 11.5. The van der Waals surface area contributed by atoms with Gasteiger partial charge in [0, 0.05) is 113 Å². The SMILES string of the molecule is Cc1cc(Cl)ccc1N(C(=O)CCl)[C@@H](C(=O)N1CCN[C@@H](C)C1)c1cccs1.Cc1cc(Cl)ccc1N(C(=O)CCl)[C@H](C(=O)N1CCN[C@@H](C)C1)c1cccs1.Cc1cc(Oc2ccccc2)ccc1N(C(=O)CCl)[C@H](C(=O)N1CCN[C@@H](C(=O)OCc2ccccc2)C1)c1cccs1.Cl.Cl. The van der Waals surface area contributed by atoms with E-state index in [9.17, 15) is 33.6 Å². The Kier molecular flexibility index (Phi) is 32.1. The molecule has 5 aromatic carbocycles. The van der Waals surface area contributed by atoms with Gasteiger partial charge in [-0.1, -0.05) is 89.9 Å². The Labute approximate surface area is 638 Å². The molecule has 3 aliphatic rings. The van der Waals surface area contributed by atoms with Crippen LogP contribution in [-0.2, 0) is 44.9 Å². The van der Waals surface area contributed by atoms with Gasteiger partial charge in [-0.3, -0.25) is 48.3 Å².